The number of rotatable bonds is 2. The third-order valence-electron chi connectivity index (χ3n) is 5.42. The molecule has 0 aromatic carbocycles. The molecule has 0 saturated carbocycles. The number of aromatic amines is 1. The monoisotopic (exact) mass is 998 g/mol. The molecule has 0 spiro atoms. The maximum Gasteiger partial charge on any atom is 0.350 e. The van der Waals surface area contributed by atoms with Crippen molar-refractivity contribution in [3.8, 4) is 0 Å². The molecule has 0 aliphatic carbocycles. The van der Waals surface area contributed by atoms with Gasteiger partial charge >= 0.3 is 83.4 Å². The molecule has 3 heterocycles. The summed E-state index contributed by atoms with van der Waals surface area (Å²) in [7, 11) is 7.26. The Kier molecular flexibility index (Phi) is 39.3. The number of amides is 1. The Morgan fingerprint density at radius 1 is 0.849 bits per heavy atom. The first-order valence-electron chi connectivity index (χ1n) is 14.9. The smallest absolute Gasteiger partial charge is 0.350 e. The van der Waals surface area contributed by atoms with E-state index in [0.717, 1.165) is 25.4 Å². The van der Waals surface area contributed by atoms with Gasteiger partial charge in [0.1, 0.15) is 24.7 Å². The van der Waals surface area contributed by atoms with Gasteiger partial charge in [-0.1, -0.05) is 78.7 Å². The zero-order valence-corrected chi connectivity index (χ0v) is 37.4. The van der Waals surface area contributed by atoms with Gasteiger partial charge in [-0.05, 0) is 47.1 Å². The summed E-state index contributed by atoms with van der Waals surface area (Å²) in [5, 5.41) is 11.3. The quantitative estimate of drug-likeness (QED) is 0.246. The molecule has 3 aromatic heterocycles. The van der Waals surface area contributed by atoms with Crippen LogP contribution in [-0.4, -0.2) is 62.7 Å². The predicted octanol–water partition coefficient (Wildman–Crippen LogP) is 8.96. The minimum atomic E-state index is -0.611. The summed E-state index contributed by atoms with van der Waals surface area (Å²) in [6.45, 7) is 30.3. The van der Waals surface area contributed by atoms with E-state index >= 15 is 0 Å². The van der Waals surface area contributed by atoms with E-state index in [1.54, 1.807) is 23.8 Å². The summed E-state index contributed by atoms with van der Waals surface area (Å²) in [6.07, 6.45) is 7.90. The fraction of sp³-hybridized carbons (Fsp3) is 0.703. The number of nitrogens with zero attached hydrogens (tertiary/aromatic N) is 9. The van der Waals surface area contributed by atoms with Crippen molar-refractivity contribution in [3.63, 3.8) is 0 Å². The number of hydrogen-bond donors (Lipinski definition) is 1. The molecule has 1 amide bonds. The van der Waals surface area contributed by atoms with Gasteiger partial charge in [-0.25, -0.2) is 14.6 Å². The molecule has 53 heavy (non-hydrogen) atoms. The minimum Gasteiger partial charge on any atom is -0.606 e. The number of carbonyl (C=O) groups is 1. The average Bonchev–Trinajstić information content (AvgIpc) is 3.58. The normalized spacial score (nSPS) is 10.4. The molecule has 0 aliphatic rings. The van der Waals surface area contributed by atoms with Crippen LogP contribution in [0.3, 0.4) is 0 Å². The van der Waals surface area contributed by atoms with E-state index in [-0.39, 0.29) is 110 Å². The third kappa shape index (κ3) is 35.4. The molecule has 14 nitrogen and oxygen atoms in total. The van der Waals surface area contributed by atoms with Crippen molar-refractivity contribution in [2.24, 2.45) is 3.50 Å². The summed E-state index contributed by atoms with van der Waals surface area (Å²) in [4.78, 5) is 43.6. The van der Waals surface area contributed by atoms with E-state index < -0.39 is 11.4 Å². The molecule has 1 N–H and O–H groups in total. The van der Waals surface area contributed by atoms with Crippen LogP contribution in [0.25, 0.3) is 5.32 Å². The standard InChI is InChI=1S/C7H11N3O2.C7H11NO.C6H11N3.C6H12N2O.C6H13N.5CH4.W.Y/c1-7(2,3)10-4-8-5(11)9-6(10)12;1-7(2,3)6-4-8-5-9-6;1-6(2,3)9-4-7-8-5-9;1-6(2,3)8-5(9)4-7;1-6(2,3)7(4)5;;;;;;;/h4H,1-3H3,(H,9,11,12);2*4-5H,1-3H3;4H2,1-3H3,(H,8,9);4-5H2,1-3H3;5*1H4;;/q;;;;-2;;;;;;;/p-1. The third-order valence-corrected chi connectivity index (χ3v) is 5.88. The molecule has 0 saturated heterocycles. The van der Waals surface area contributed by atoms with Crippen LogP contribution in [-0.2, 0) is 73.6 Å². The average molecular weight is 999 g/mol. The SMILES string of the molecule is C.C.C.C.C.CC(C)(C)[N-]C(=O)C[N]=[W].CC(C)(C)c1cnco1.CC(C)(C)n1cnc(=O)[nH]c1=O.CC(C)(C)n1cnnc1.[CH2-]N([CH2-])C(C)(C)C.[Y]. The van der Waals surface area contributed by atoms with E-state index in [9.17, 15) is 14.4 Å². The zero-order chi connectivity index (χ0) is 37.4. The maximum absolute atomic E-state index is 11.2. The molecule has 0 aliphatic heterocycles. The molecule has 3 rings (SSSR count). The van der Waals surface area contributed by atoms with Crippen LogP contribution in [0.4, 0.5) is 0 Å². The van der Waals surface area contributed by atoms with Gasteiger partial charge in [-0.2, -0.15) is 4.98 Å². The second kappa shape index (κ2) is 30.2. The molecule has 3 aromatic rings. The second-order valence-corrected chi connectivity index (χ2v) is 16.3. The van der Waals surface area contributed by atoms with E-state index in [4.69, 9.17) is 4.42 Å². The van der Waals surface area contributed by atoms with Crippen molar-refractivity contribution in [2.75, 3.05) is 6.54 Å². The Hall–Kier alpha value is -2.02. The first-order valence-corrected chi connectivity index (χ1v) is 16.2. The van der Waals surface area contributed by atoms with Gasteiger partial charge in [0.05, 0.1) is 6.20 Å². The number of H-pyrrole nitrogens is 1. The summed E-state index contributed by atoms with van der Waals surface area (Å²) in [5.41, 5.74) is -1.33. The molecular formula is C37H77N10O4WY-3. The van der Waals surface area contributed by atoms with Crippen molar-refractivity contribution >= 4 is 5.91 Å². The van der Waals surface area contributed by atoms with Crippen LogP contribution >= 0.6 is 0 Å². The Morgan fingerprint density at radius 2 is 1.28 bits per heavy atom. The van der Waals surface area contributed by atoms with E-state index in [1.165, 1.54) is 17.3 Å². The van der Waals surface area contributed by atoms with Crippen molar-refractivity contribution in [1.82, 2.24) is 39.2 Å². The number of nitrogens with one attached hydrogen (secondary N) is 1. The van der Waals surface area contributed by atoms with Crippen LogP contribution in [0.5, 0.6) is 0 Å². The van der Waals surface area contributed by atoms with E-state index in [1.807, 2.05) is 46.1 Å². The first kappa shape index (κ1) is 68.9. The number of carbonyl (C=O) groups excluding carboxylic acids is 1. The van der Waals surface area contributed by atoms with Crippen LogP contribution in [0, 0.1) is 14.1 Å². The van der Waals surface area contributed by atoms with Crippen molar-refractivity contribution < 1.29 is 61.6 Å². The number of hydrogen-bond acceptors (Lipinski definition) is 10. The Bertz CT molecular complexity index is 1360. The van der Waals surface area contributed by atoms with Crippen LogP contribution in [0.1, 0.15) is 147 Å². The fourth-order valence-corrected chi connectivity index (χ4v) is 2.82. The predicted molar refractivity (Wildman–Crippen MR) is 216 cm³/mol. The van der Waals surface area contributed by atoms with E-state index in [0.29, 0.717) is 0 Å². The largest absolute Gasteiger partial charge is 0.606 e. The summed E-state index contributed by atoms with van der Waals surface area (Å²) in [5.74, 6) is 0.810. The molecule has 0 atom stereocenters. The van der Waals surface area contributed by atoms with Gasteiger partial charge in [0.15, 0.2) is 6.39 Å². The summed E-state index contributed by atoms with van der Waals surface area (Å²) in [6, 6.07) is 0. The maximum atomic E-state index is 11.2. The molecule has 0 unspecified atom stereocenters. The Balaban J connectivity index is -0.0000000781. The van der Waals surface area contributed by atoms with Gasteiger partial charge in [0.2, 0.25) is 0 Å². The number of oxazole rings is 1. The Morgan fingerprint density at radius 3 is 1.51 bits per heavy atom. The molecule has 0 bridgehead atoms. The second-order valence-electron chi connectivity index (χ2n) is 15.4. The van der Waals surface area contributed by atoms with Gasteiger partial charge < -0.3 is 28.0 Å². The van der Waals surface area contributed by atoms with Gasteiger partial charge in [0, 0.05) is 49.2 Å². The van der Waals surface area contributed by atoms with E-state index in [2.05, 4.69) is 110 Å². The molecule has 0 fully saturated rings. The topological polar surface area (TPSA) is 171 Å². The Labute approximate surface area is 360 Å². The van der Waals surface area contributed by atoms with Crippen molar-refractivity contribution in [3.05, 3.63) is 77.7 Å². The first-order chi connectivity index (χ1) is 21.0. The van der Waals surface area contributed by atoms with Crippen LogP contribution < -0.4 is 11.4 Å². The summed E-state index contributed by atoms with van der Waals surface area (Å²) >= 11 is 1.08. The molecular weight excluding hydrogens is 921 g/mol. The van der Waals surface area contributed by atoms with Gasteiger partial charge in [-0.15, -0.1) is 10.2 Å². The zero-order valence-electron chi connectivity index (χ0n) is 31.7. The van der Waals surface area contributed by atoms with Gasteiger partial charge in [-0.3, -0.25) is 9.55 Å². The fourth-order valence-electron chi connectivity index (χ4n) is 2.42. The van der Waals surface area contributed by atoms with Crippen LogP contribution in [0.15, 0.2) is 49.1 Å². The molecule has 311 valence electrons. The number of aromatic nitrogens is 7. The van der Waals surface area contributed by atoms with Crippen LogP contribution in [0.2, 0.25) is 0 Å². The minimum absolute atomic E-state index is 0. The molecule has 16 heteroatoms. The van der Waals surface area contributed by atoms with Crippen molar-refractivity contribution in [2.45, 2.75) is 169 Å². The van der Waals surface area contributed by atoms with Crippen molar-refractivity contribution in [1.29, 1.82) is 0 Å². The molecule has 1 radical (unpaired) electrons. The van der Waals surface area contributed by atoms with Gasteiger partial charge in [0.25, 0.3) is 0 Å². The summed E-state index contributed by atoms with van der Waals surface area (Å²) < 4.78 is 12.2.